The second-order valence-corrected chi connectivity index (χ2v) is 6.44. The molecule has 2 N–H and O–H groups in total. The van der Waals surface area contributed by atoms with Crippen molar-refractivity contribution in [3.8, 4) is 5.75 Å². The summed E-state index contributed by atoms with van der Waals surface area (Å²) in [5, 5.41) is 9.10. The van der Waals surface area contributed by atoms with Crippen LogP contribution in [0.4, 0.5) is 14.7 Å². The van der Waals surface area contributed by atoms with Crippen molar-refractivity contribution in [2.24, 2.45) is 0 Å². The third kappa shape index (κ3) is 2.64. The lowest BCUT2D eigenvalue weighted by molar-refractivity contribution is -0.186. The molecule has 27 heavy (non-hydrogen) atoms. The Labute approximate surface area is 151 Å². The summed E-state index contributed by atoms with van der Waals surface area (Å²) < 4.78 is 35.6. The summed E-state index contributed by atoms with van der Waals surface area (Å²) in [6, 6.07) is 5.41. The number of nitrogen functional groups attached to an aromatic ring is 1. The third-order valence-electron chi connectivity index (χ3n) is 4.61. The molecule has 0 radical (unpaired) electrons. The molecule has 1 aromatic carbocycles. The first kappa shape index (κ1) is 15.9. The fourth-order valence-electron chi connectivity index (χ4n) is 3.30. The van der Waals surface area contributed by atoms with Gasteiger partial charge in [0.25, 0.3) is 0 Å². The molecule has 4 heterocycles. The van der Waals surface area contributed by atoms with Crippen molar-refractivity contribution < 1.29 is 13.5 Å². The number of nitrogens with two attached hydrogens (primary N) is 1. The van der Waals surface area contributed by atoms with Crippen LogP contribution in [-0.2, 0) is 19.4 Å². The van der Waals surface area contributed by atoms with E-state index in [0.717, 1.165) is 0 Å². The van der Waals surface area contributed by atoms with E-state index in [-0.39, 0.29) is 30.1 Å². The number of halogens is 2. The minimum Gasteiger partial charge on any atom is -0.430 e. The zero-order valence-corrected chi connectivity index (χ0v) is 14.1. The molecular formula is C17H15F2N7O. The molecule has 0 saturated heterocycles. The molecule has 0 amide bonds. The number of aromatic nitrogens is 6. The van der Waals surface area contributed by atoms with E-state index in [1.807, 2.05) is 12.3 Å². The molecule has 138 valence electrons. The molecule has 0 unspecified atom stereocenters. The van der Waals surface area contributed by atoms with E-state index in [1.54, 1.807) is 23.0 Å². The zero-order valence-electron chi connectivity index (χ0n) is 14.1. The molecule has 0 bridgehead atoms. The molecule has 0 spiro atoms. The zero-order chi connectivity index (χ0) is 18.6. The minimum atomic E-state index is -3.22. The van der Waals surface area contributed by atoms with Crippen LogP contribution >= 0.6 is 0 Å². The summed E-state index contributed by atoms with van der Waals surface area (Å²) in [5.74, 6) is 0.704. The molecule has 10 heteroatoms. The summed E-state index contributed by atoms with van der Waals surface area (Å²) in [4.78, 5) is 8.80. The lowest BCUT2D eigenvalue weighted by Crippen LogP contribution is -2.29. The van der Waals surface area contributed by atoms with Crippen molar-refractivity contribution >= 4 is 22.5 Å². The van der Waals surface area contributed by atoms with Gasteiger partial charge in [0, 0.05) is 30.7 Å². The first-order valence-electron chi connectivity index (χ1n) is 8.51. The highest BCUT2D eigenvalue weighted by Gasteiger charge is 2.37. The van der Waals surface area contributed by atoms with Crippen LogP contribution in [0.25, 0.3) is 16.6 Å². The summed E-state index contributed by atoms with van der Waals surface area (Å²) in [7, 11) is 0. The van der Waals surface area contributed by atoms with Gasteiger partial charge < -0.3 is 10.5 Å². The number of hydrogen-bond acceptors (Lipinski definition) is 6. The molecule has 8 nitrogen and oxygen atoms in total. The van der Waals surface area contributed by atoms with Gasteiger partial charge in [-0.1, -0.05) is 6.07 Å². The fraction of sp³-hybridized carbons (Fsp3) is 0.294. The number of rotatable bonds is 3. The Morgan fingerprint density at radius 1 is 1.26 bits per heavy atom. The van der Waals surface area contributed by atoms with Gasteiger partial charge in [0.05, 0.1) is 6.42 Å². The van der Waals surface area contributed by atoms with Crippen LogP contribution in [0, 0.1) is 0 Å². The Kier molecular flexibility index (Phi) is 3.30. The lowest BCUT2D eigenvalue weighted by Gasteiger charge is -2.25. The van der Waals surface area contributed by atoms with Crippen LogP contribution in [0.3, 0.4) is 0 Å². The summed E-state index contributed by atoms with van der Waals surface area (Å²) in [5.41, 5.74) is 7.45. The average molecular weight is 371 g/mol. The maximum atomic E-state index is 13.7. The molecule has 0 fully saturated rings. The molecule has 0 aliphatic carbocycles. The Hall–Kier alpha value is -3.30. The predicted molar refractivity (Wildman–Crippen MR) is 92.5 cm³/mol. The normalized spacial score (nSPS) is 15.8. The Morgan fingerprint density at radius 3 is 2.96 bits per heavy atom. The Balaban J connectivity index is 1.62. The van der Waals surface area contributed by atoms with Gasteiger partial charge in [0.15, 0.2) is 17.2 Å². The van der Waals surface area contributed by atoms with Crippen LogP contribution in [0.15, 0.2) is 30.6 Å². The first-order valence-corrected chi connectivity index (χ1v) is 8.51. The van der Waals surface area contributed by atoms with Gasteiger partial charge in [-0.05, 0) is 24.1 Å². The molecule has 1 aliphatic rings. The highest BCUT2D eigenvalue weighted by molar-refractivity contribution is 5.96. The van der Waals surface area contributed by atoms with E-state index in [4.69, 9.17) is 10.5 Å². The highest BCUT2D eigenvalue weighted by Crippen LogP contribution is 2.40. The summed E-state index contributed by atoms with van der Waals surface area (Å²) in [6.45, 7) is 0.611. The summed E-state index contributed by atoms with van der Waals surface area (Å²) >= 11 is 0. The number of hydrogen-bond donors (Lipinski definition) is 1. The number of benzene rings is 1. The Morgan fingerprint density at radius 2 is 2.15 bits per heavy atom. The monoisotopic (exact) mass is 371 g/mol. The van der Waals surface area contributed by atoms with Gasteiger partial charge in [-0.3, -0.25) is 4.68 Å². The van der Waals surface area contributed by atoms with E-state index in [0.29, 0.717) is 35.4 Å². The fourth-order valence-corrected chi connectivity index (χ4v) is 3.30. The number of alkyl halides is 2. The van der Waals surface area contributed by atoms with Crippen molar-refractivity contribution in [2.75, 3.05) is 5.73 Å². The maximum Gasteiger partial charge on any atom is 0.398 e. The number of anilines is 1. The van der Waals surface area contributed by atoms with Gasteiger partial charge in [-0.15, -0.1) is 5.10 Å². The highest BCUT2D eigenvalue weighted by atomic mass is 19.3. The molecule has 0 atom stereocenters. The van der Waals surface area contributed by atoms with Crippen molar-refractivity contribution in [3.05, 3.63) is 42.0 Å². The number of nitrogens with zero attached hydrogens (tertiary/aromatic N) is 6. The smallest absolute Gasteiger partial charge is 0.398 e. The second-order valence-electron chi connectivity index (χ2n) is 6.44. The van der Waals surface area contributed by atoms with Crippen molar-refractivity contribution in [1.82, 2.24) is 29.4 Å². The lowest BCUT2D eigenvalue weighted by atomic mass is 10.0. The Bertz CT molecular complexity index is 1150. The standard InChI is InChI=1S/C17H15F2N7O/c18-17(19)6-4-10-2-3-11-13(14(10)27-17)23-16(20)26-15(11)22-12(24-26)5-9-25-8-1-7-21-25/h1-3,7-8H,4-6,9H2,(H2,20,23). The molecule has 3 aromatic heterocycles. The summed E-state index contributed by atoms with van der Waals surface area (Å²) in [6.07, 6.45) is 0.741. The largest absolute Gasteiger partial charge is 0.430 e. The van der Waals surface area contributed by atoms with Crippen molar-refractivity contribution in [3.63, 3.8) is 0 Å². The quantitative estimate of drug-likeness (QED) is 0.593. The number of fused-ring (bicyclic) bond motifs is 5. The van der Waals surface area contributed by atoms with E-state index in [2.05, 4.69) is 20.2 Å². The van der Waals surface area contributed by atoms with Crippen molar-refractivity contribution in [2.45, 2.75) is 31.9 Å². The van der Waals surface area contributed by atoms with Gasteiger partial charge in [-0.25, -0.2) is 9.97 Å². The van der Waals surface area contributed by atoms with Gasteiger partial charge in [-0.2, -0.15) is 18.4 Å². The number of aryl methyl sites for hydroxylation is 3. The van der Waals surface area contributed by atoms with Crippen LogP contribution in [-0.4, -0.2) is 35.5 Å². The van der Waals surface area contributed by atoms with Crippen molar-refractivity contribution in [1.29, 1.82) is 0 Å². The van der Waals surface area contributed by atoms with Gasteiger partial charge in [0.1, 0.15) is 5.52 Å². The molecule has 5 rings (SSSR count). The molecule has 4 aromatic rings. The first-order chi connectivity index (χ1) is 13.0. The van der Waals surface area contributed by atoms with Gasteiger partial charge >= 0.3 is 6.11 Å². The maximum absolute atomic E-state index is 13.7. The average Bonchev–Trinajstić information content (AvgIpc) is 3.29. The van der Waals surface area contributed by atoms with Crippen LogP contribution < -0.4 is 10.5 Å². The predicted octanol–water partition coefficient (Wildman–Crippen LogP) is 2.22. The van der Waals surface area contributed by atoms with Gasteiger partial charge in [0.2, 0.25) is 5.95 Å². The van der Waals surface area contributed by atoms with E-state index < -0.39 is 6.11 Å². The number of ether oxygens (including phenoxy) is 1. The molecule has 1 aliphatic heterocycles. The minimum absolute atomic E-state index is 0.0686. The van der Waals surface area contributed by atoms with Crippen LogP contribution in [0.2, 0.25) is 0 Å². The third-order valence-corrected chi connectivity index (χ3v) is 4.61. The van der Waals surface area contributed by atoms with E-state index in [1.165, 1.54) is 4.52 Å². The van der Waals surface area contributed by atoms with Crippen LogP contribution in [0.5, 0.6) is 5.75 Å². The van der Waals surface area contributed by atoms with Crippen LogP contribution in [0.1, 0.15) is 17.8 Å². The molecular weight excluding hydrogens is 356 g/mol. The topological polar surface area (TPSA) is 96.2 Å². The second kappa shape index (κ2) is 5.60. The van der Waals surface area contributed by atoms with E-state index >= 15 is 0 Å². The van der Waals surface area contributed by atoms with E-state index in [9.17, 15) is 8.78 Å². The molecule has 0 saturated carbocycles. The SMILES string of the molecule is Nc1nc2c3c(ccc2c2nc(CCn4cccn4)nn12)CCC(F)(F)O3.